The van der Waals surface area contributed by atoms with Crippen molar-refractivity contribution in [2.75, 3.05) is 18.8 Å². The molecule has 1 saturated heterocycles. The fraction of sp³-hybridized carbons (Fsp3) is 0.778. The van der Waals surface area contributed by atoms with Crippen molar-refractivity contribution in [3.63, 3.8) is 0 Å². The van der Waals surface area contributed by atoms with Crippen LogP contribution >= 0.6 is 24.4 Å². The third kappa shape index (κ3) is 15.3. The van der Waals surface area contributed by atoms with Gasteiger partial charge in [0.15, 0.2) is 11.9 Å². The van der Waals surface area contributed by atoms with E-state index >= 15 is 0 Å². The van der Waals surface area contributed by atoms with Crippen LogP contribution in [-0.2, 0) is 0 Å². The molecule has 0 radical (unpaired) electrons. The van der Waals surface area contributed by atoms with E-state index in [9.17, 15) is 0 Å². The molecule has 0 atom stereocenters. The van der Waals surface area contributed by atoms with Crippen molar-refractivity contribution in [3.8, 4) is 0 Å². The van der Waals surface area contributed by atoms with Crippen molar-refractivity contribution < 1.29 is 0 Å². The fourth-order valence-electron chi connectivity index (χ4n) is 0.921. The summed E-state index contributed by atoms with van der Waals surface area (Å²) in [6, 6.07) is 0. The van der Waals surface area contributed by atoms with Crippen molar-refractivity contribution in [2.24, 2.45) is 16.5 Å². The predicted octanol–water partition coefficient (Wildman–Crippen LogP) is 0.139. The van der Waals surface area contributed by atoms with E-state index in [1.807, 2.05) is 0 Å². The van der Waals surface area contributed by atoms with Gasteiger partial charge in [-0.15, -0.1) is 12.4 Å². The number of nitrogens with zero attached hydrogens (tertiary/aromatic N) is 1. The van der Waals surface area contributed by atoms with Gasteiger partial charge in [-0.05, 0) is 12.8 Å². The van der Waals surface area contributed by atoms with Gasteiger partial charge in [0.25, 0.3) is 0 Å². The first-order chi connectivity index (χ1) is 8.16. The summed E-state index contributed by atoms with van der Waals surface area (Å²) in [7, 11) is 0. The number of unbranched alkanes of at least 4 members (excludes halogenated alkanes) is 1. The third-order valence-electron chi connectivity index (χ3n) is 1.75. The van der Waals surface area contributed by atoms with E-state index in [1.165, 1.54) is 12.2 Å². The minimum Gasteiger partial charge on any atom is -0.370 e. The topological polar surface area (TPSA) is 124 Å². The highest BCUT2D eigenvalue weighted by Gasteiger charge is 1.93. The molecule has 0 aromatic rings. The Bertz CT molecular complexity index is 221. The van der Waals surface area contributed by atoms with Crippen LogP contribution in [0.15, 0.2) is 4.99 Å². The summed E-state index contributed by atoms with van der Waals surface area (Å²) in [6.07, 6.45) is 3.37. The molecule has 108 valence electrons. The second-order valence-corrected chi connectivity index (χ2v) is 4.29. The van der Waals surface area contributed by atoms with Crippen LogP contribution < -0.4 is 27.0 Å². The van der Waals surface area contributed by atoms with Gasteiger partial charge in [-0.3, -0.25) is 15.7 Å². The van der Waals surface area contributed by atoms with Crippen LogP contribution in [0.1, 0.15) is 26.2 Å². The largest absolute Gasteiger partial charge is 0.370 e. The Hall–Kier alpha value is -0.700. The summed E-state index contributed by atoms with van der Waals surface area (Å²) in [4.78, 5) is 6.87. The van der Waals surface area contributed by atoms with Crippen LogP contribution in [0.5, 0.6) is 0 Å². The van der Waals surface area contributed by atoms with Crippen molar-refractivity contribution in [1.29, 1.82) is 5.41 Å². The number of rotatable bonds is 3. The molecule has 1 aliphatic rings. The Kier molecular flexibility index (Phi) is 15.7. The van der Waals surface area contributed by atoms with E-state index in [4.69, 9.17) is 16.9 Å². The van der Waals surface area contributed by atoms with Crippen LogP contribution in [0, 0.1) is 5.41 Å². The Morgan fingerprint density at radius 2 is 2.22 bits per heavy atom. The van der Waals surface area contributed by atoms with Gasteiger partial charge in [0, 0.05) is 18.8 Å². The lowest BCUT2D eigenvalue weighted by Crippen LogP contribution is -2.40. The molecule has 1 aliphatic heterocycles. The molecule has 0 aliphatic carbocycles. The Balaban J connectivity index is 0. The minimum absolute atomic E-state index is 0. The van der Waals surface area contributed by atoms with E-state index < -0.39 is 0 Å². The van der Waals surface area contributed by atoms with Crippen LogP contribution in [0.3, 0.4) is 0 Å². The summed E-state index contributed by atoms with van der Waals surface area (Å²) in [5.74, 6) is 1.28. The maximum Gasteiger partial charge on any atom is 0.195 e. The smallest absolute Gasteiger partial charge is 0.195 e. The number of hydrazine groups is 1. The number of hydrogen-bond donors (Lipinski definition) is 6. The number of nitrogens with one attached hydrogen (secondary N) is 4. The Labute approximate surface area is 119 Å². The van der Waals surface area contributed by atoms with Gasteiger partial charge in [0.1, 0.15) is 0 Å². The van der Waals surface area contributed by atoms with Crippen LogP contribution in [-0.4, -0.2) is 30.8 Å². The highest BCUT2D eigenvalue weighted by atomic mass is 35.5. The van der Waals surface area contributed by atoms with E-state index in [0.717, 1.165) is 19.4 Å². The normalized spacial score (nSPS) is 14.8. The first-order valence-electron chi connectivity index (χ1n) is 5.67. The monoisotopic (exact) mass is 297 g/mol. The molecule has 8 N–H and O–H groups in total. The van der Waals surface area contributed by atoms with E-state index in [1.54, 1.807) is 11.9 Å². The second kappa shape index (κ2) is 14.4. The molecular weight excluding hydrogens is 274 g/mol. The Morgan fingerprint density at radius 3 is 2.56 bits per heavy atom. The van der Waals surface area contributed by atoms with Gasteiger partial charge in [-0.2, -0.15) is 0 Å². The molecule has 0 saturated carbocycles. The molecular formula is C9H24ClN7S. The minimum atomic E-state index is -0.178. The molecule has 0 aromatic heterocycles. The average molecular weight is 298 g/mol. The summed E-state index contributed by atoms with van der Waals surface area (Å²) in [5, 5.41) is 9.20. The molecule has 1 rings (SSSR count). The molecule has 0 bridgehead atoms. The molecule has 0 aromatic carbocycles. The molecule has 0 amide bonds. The van der Waals surface area contributed by atoms with Gasteiger partial charge in [-0.1, -0.05) is 25.3 Å². The van der Waals surface area contributed by atoms with E-state index in [-0.39, 0.29) is 24.3 Å². The lowest BCUT2D eigenvalue weighted by atomic mass is 10.3. The molecule has 7 nitrogen and oxygen atoms in total. The molecule has 0 unspecified atom stereocenters. The van der Waals surface area contributed by atoms with Crippen molar-refractivity contribution in [2.45, 2.75) is 26.2 Å². The highest BCUT2D eigenvalue weighted by Crippen LogP contribution is 1.96. The number of halogens is 1. The maximum atomic E-state index is 6.81. The van der Waals surface area contributed by atoms with E-state index in [0.29, 0.717) is 6.54 Å². The van der Waals surface area contributed by atoms with Gasteiger partial charge in [-0.25, -0.2) is 10.3 Å². The summed E-state index contributed by atoms with van der Waals surface area (Å²) in [5.41, 5.74) is 13.3. The van der Waals surface area contributed by atoms with Gasteiger partial charge < -0.3 is 11.5 Å². The zero-order valence-corrected chi connectivity index (χ0v) is 12.3. The van der Waals surface area contributed by atoms with Crippen LogP contribution in [0.2, 0.25) is 0 Å². The third-order valence-corrected chi connectivity index (χ3v) is 2.53. The first-order valence-corrected chi connectivity index (χ1v) is 6.66. The van der Waals surface area contributed by atoms with Gasteiger partial charge in [0.2, 0.25) is 0 Å². The number of nitrogens with two attached hydrogens (primary N) is 2. The summed E-state index contributed by atoms with van der Waals surface area (Å²) >= 11 is 1.73. The molecule has 1 fully saturated rings. The predicted molar refractivity (Wildman–Crippen MR) is 81.9 cm³/mol. The van der Waals surface area contributed by atoms with Crippen molar-refractivity contribution in [3.05, 3.63) is 0 Å². The zero-order valence-electron chi connectivity index (χ0n) is 10.7. The average Bonchev–Trinajstić information content (AvgIpc) is 2.31. The van der Waals surface area contributed by atoms with E-state index in [2.05, 4.69) is 27.5 Å². The quantitative estimate of drug-likeness (QED) is 0.190. The highest BCUT2D eigenvalue weighted by molar-refractivity contribution is 7.97. The van der Waals surface area contributed by atoms with Crippen LogP contribution in [0.25, 0.3) is 0 Å². The lowest BCUT2D eigenvalue weighted by molar-refractivity contribution is 0.648. The Morgan fingerprint density at radius 1 is 1.50 bits per heavy atom. The number of hydrogen-bond acceptors (Lipinski definition) is 5. The SMILES string of the molecule is C1CNNSC1.CCCCN=C(N)NC(=N)N.Cl. The molecule has 18 heavy (non-hydrogen) atoms. The van der Waals surface area contributed by atoms with Gasteiger partial charge >= 0.3 is 0 Å². The molecule has 0 spiro atoms. The van der Waals surface area contributed by atoms with Crippen molar-refractivity contribution in [1.82, 2.24) is 15.6 Å². The fourth-order valence-corrected chi connectivity index (χ4v) is 1.52. The summed E-state index contributed by atoms with van der Waals surface area (Å²) in [6.45, 7) is 3.87. The number of guanidine groups is 2. The number of aliphatic imine (C=N–C) groups is 1. The zero-order chi connectivity index (χ0) is 12.9. The van der Waals surface area contributed by atoms with Crippen molar-refractivity contribution >= 4 is 36.3 Å². The first kappa shape index (κ1) is 19.6. The van der Waals surface area contributed by atoms with Crippen LogP contribution in [0.4, 0.5) is 0 Å². The standard InChI is InChI=1S/C6H15N5.C3H8N2S.ClH/c1-2-3-4-10-6(9)11-5(7)8;1-2-4-5-6-3-1;/h2-4H2,1H3,(H6,7,8,9,10,11);4-5H,1-3H2;1H. The maximum absolute atomic E-state index is 6.81. The molecule has 1 heterocycles. The van der Waals surface area contributed by atoms with Gasteiger partial charge in [0.05, 0.1) is 0 Å². The summed E-state index contributed by atoms with van der Waals surface area (Å²) < 4.78 is 0. The molecule has 9 heteroatoms. The second-order valence-electron chi connectivity index (χ2n) is 3.39. The lowest BCUT2D eigenvalue weighted by Gasteiger charge is -2.10.